The molecule has 2 rings (SSSR count). The maximum atomic E-state index is 10.2. The number of pyridine rings is 1. The number of aliphatic hydroxyl groups excluding tert-OH is 1. The van der Waals surface area contributed by atoms with E-state index in [2.05, 4.69) is 20.9 Å². The van der Waals surface area contributed by atoms with Gasteiger partial charge >= 0.3 is 0 Å². The Morgan fingerprint density at radius 2 is 2.06 bits per heavy atom. The van der Waals surface area contributed by atoms with Gasteiger partial charge in [0.05, 0.1) is 0 Å². The number of benzene rings is 1. The third-order valence-electron chi connectivity index (χ3n) is 2.51. The van der Waals surface area contributed by atoms with Crippen molar-refractivity contribution in [2.24, 2.45) is 0 Å². The number of nitrogens with zero attached hydrogens (tertiary/aromatic N) is 1. The molecule has 0 saturated carbocycles. The van der Waals surface area contributed by atoms with E-state index in [0.29, 0.717) is 5.02 Å². The van der Waals surface area contributed by atoms with Gasteiger partial charge in [0.1, 0.15) is 6.10 Å². The second-order valence-electron chi connectivity index (χ2n) is 3.80. The molecule has 2 nitrogen and oxygen atoms in total. The van der Waals surface area contributed by atoms with Crippen LogP contribution in [0.2, 0.25) is 5.02 Å². The minimum Gasteiger partial charge on any atom is -0.384 e. The molecule has 0 bridgehead atoms. The number of hydrogen-bond donors (Lipinski definition) is 1. The van der Waals surface area contributed by atoms with E-state index >= 15 is 0 Å². The molecule has 1 heterocycles. The summed E-state index contributed by atoms with van der Waals surface area (Å²) in [5, 5.41) is 10.9. The zero-order valence-corrected chi connectivity index (χ0v) is 11.5. The number of aromatic nitrogens is 1. The average Bonchev–Trinajstić information content (AvgIpc) is 2.29. The second kappa shape index (κ2) is 5.17. The van der Waals surface area contributed by atoms with Crippen LogP contribution < -0.4 is 0 Å². The first kappa shape index (κ1) is 12.6. The van der Waals surface area contributed by atoms with Crippen LogP contribution in [0.1, 0.15) is 22.9 Å². The van der Waals surface area contributed by atoms with Gasteiger partial charge < -0.3 is 5.11 Å². The van der Waals surface area contributed by atoms with Crippen molar-refractivity contribution in [3.05, 3.63) is 62.8 Å². The SMILES string of the molecule is Cc1ccc(C(O)c2ccc(Cl)cc2Br)cn1. The number of rotatable bonds is 2. The van der Waals surface area contributed by atoms with Gasteiger partial charge in [-0.1, -0.05) is 39.7 Å². The Balaban J connectivity index is 2.36. The predicted octanol–water partition coefficient (Wildman–Crippen LogP) is 3.89. The van der Waals surface area contributed by atoms with E-state index in [4.69, 9.17) is 11.6 Å². The van der Waals surface area contributed by atoms with E-state index < -0.39 is 6.10 Å². The topological polar surface area (TPSA) is 33.1 Å². The van der Waals surface area contributed by atoms with Crippen LogP contribution in [0.3, 0.4) is 0 Å². The minimum atomic E-state index is -0.699. The molecule has 0 spiro atoms. The van der Waals surface area contributed by atoms with Crippen molar-refractivity contribution >= 4 is 27.5 Å². The summed E-state index contributed by atoms with van der Waals surface area (Å²) in [5.74, 6) is 0. The molecule has 1 unspecified atom stereocenters. The van der Waals surface area contributed by atoms with Crippen molar-refractivity contribution in [3.8, 4) is 0 Å². The largest absolute Gasteiger partial charge is 0.384 e. The summed E-state index contributed by atoms with van der Waals surface area (Å²) in [6, 6.07) is 9.07. The molecule has 0 amide bonds. The average molecular weight is 313 g/mol. The monoisotopic (exact) mass is 311 g/mol. The maximum absolute atomic E-state index is 10.2. The van der Waals surface area contributed by atoms with Gasteiger partial charge in [-0.3, -0.25) is 4.98 Å². The fraction of sp³-hybridized carbons (Fsp3) is 0.154. The lowest BCUT2D eigenvalue weighted by Crippen LogP contribution is -2.01. The molecule has 0 aliphatic rings. The van der Waals surface area contributed by atoms with Crippen molar-refractivity contribution in [1.82, 2.24) is 4.98 Å². The zero-order valence-electron chi connectivity index (χ0n) is 9.19. The van der Waals surface area contributed by atoms with Crippen LogP contribution in [-0.2, 0) is 0 Å². The van der Waals surface area contributed by atoms with Crippen molar-refractivity contribution in [2.45, 2.75) is 13.0 Å². The van der Waals surface area contributed by atoms with E-state index in [1.807, 2.05) is 19.1 Å². The highest BCUT2D eigenvalue weighted by Gasteiger charge is 2.14. The Kier molecular flexibility index (Phi) is 3.82. The van der Waals surface area contributed by atoms with Gasteiger partial charge in [0.25, 0.3) is 0 Å². The van der Waals surface area contributed by atoms with Gasteiger partial charge in [-0.15, -0.1) is 0 Å². The van der Waals surface area contributed by atoms with Crippen molar-refractivity contribution in [1.29, 1.82) is 0 Å². The fourth-order valence-corrected chi connectivity index (χ4v) is 2.44. The smallest absolute Gasteiger partial charge is 0.107 e. The Bertz CT molecular complexity index is 527. The Morgan fingerprint density at radius 1 is 1.29 bits per heavy atom. The number of aryl methyl sites for hydroxylation is 1. The molecule has 4 heteroatoms. The Morgan fingerprint density at radius 3 is 2.65 bits per heavy atom. The lowest BCUT2D eigenvalue weighted by Gasteiger charge is -2.13. The van der Waals surface area contributed by atoms with Crippen LogP contribution in [0, 0.1) is 6.92 Å². The summed E-state index contributed by atoms with van der Waals surface area (Å²) in [4.78, 5) is 4.17. The van der Waals surface area contributed by atoms with E-state index in [-0.39, 0.29) is 0 Å². The van der Waals surface area contributed by atoms with Crippen molar-refractivity contribution < 1.29 is 5.11 Å². The van der Waals surface area contributed by atoms with Gasteiger partial charge in [-0.05, 0) is 30.7 Å². The summed E-state index contributed by atoms with van der Waals surface area (Å²) in [7, 11) is 0. The normalized spacial score (nSPS) is 12.5. The Hall–Kier alpha value is -0.900. The van der Waals surface area contributed by atoms with Crippen LogP contribution in [0.5, 0.6) is 0 Å². The molecular formula is C13H11BrClNO. The van der Waals surface area contributed by atoms with Crippen LogP contribution >= 0.6 is 27.5 Å². The van der Waals surface area contributed by atoms with Gasteiger partial charge in [-0.25, -0.2) is 0 Å². The maximum Gasteiger partial charge on any atom is 0.107 e. The lowest BCUT2D eigenvalue weighted by atomic mass is 10.0. The summed E-state index contributed by atoms with van der Waals surface area (Å²) in [6.45, 7) is 1.91. The Labute approximate surface area is 113 Å². The van der Waals surface area contributed by atoms with Crippen LogP contribution in [-0.4, -0.2) is 10.1 Å². The molecule has 0 aliphatic carbocycles. The van der Waals surface area contributed by atoms with E-state index in [1.54, 1.807) is 24.4 Å². The van der Waals surface area contributed by atoms with Gasteiger partial charge in [0.15, 0.2) is 0 Å². The minimum absolute atomic E-state index is 0.634. The third-order valence-corrected chi connectivity index (χ3v) is 3.43. The number of aliphatic hydroxyl groups is 1. The van der Waals surface area contributed by atoms with Gasteiger partial charge in [-0.2, -0.15) is 0 Å². The molecule has 1 aromatic carbocycles. The summed E-state index contributed by atoms with van der Waals surface area (Å²) in [6.07, 6.45) is 0.982. The summed E-state index contributed by atoms with van der Waals surface area (Å²) in [5.41, 5.74) is 2.47. The van der Waals surface area contributed by atoms with Crippen molar-refractivity contribution in [2.75, 3.05) is 0 Å². The molecule has 0 saturated heterocycles. The first-order valence-electron chi connectivity index (χ1n) is 5.13. The molecule has 2 aromatic rings. The molecule has 17 heavy (non-hydrogen) atoms. The highest BCUT2D eigenvalue weighted by Crippen LogP contribution is 2.30. The van der Waals surface area contributed by atoms with E-state index in [9.17, 15) is 5.11 Å². The highest BCUT2D eigenvalue weighted by atomic mass is 79.9. The van der Waals surface area contributed by atoms with Crippen LogP contribution in [0.4, 0.5) is 0 Å². The van der Waals surface area contributed by atoms with Crippen LogP contribution in [0.15, 0.2) is 41.0 Å². The fourth-order valence-electron chi connectivity index (χ4n) is 1.54. The molecular weight excluding hydrogens is 302 g/mol. The molecule has 1 N–H and O–H groups in total. The molecule has 0 radical (unpaired) electrons. The highest BCUT2D eigenvalue weighted by molar-refractivity contribution is 9.10. The van der Waals surface area contributed by atoms with Crippen LogP contribution in [0.25, 0.3) is 0 Å². The van der Waals surface area contributed by atoms with Gasteiger partial charge in [0, 0.05) is 26.9 Å². The van der Waals surface area contributed by atoms with E-state index in [0.717, 1.165) is 21.3 Å². The molecule has 1 aromatic heterocycles. The predicted molar refractivity (Wildman–Crippen MR) is 72.2 cm³/mol. The molecule has 0 fully saturated rings. The molecule has 88 valence electrons. The van der Waals surface area contributed by atoms with E-state index in [1.165, 1.54) is 0 Å². The van der Waals surface area contributed by atoms with Crippen molar-refractivity contribution in [3.63, 3.8) is 0 Å². The molecule has 1 atom stereocenters. The lowest BCUT2D eigenvalue weighted by molar-refractivity contribution is 0.219. The number of halogens is 2. The second-order valence-corrected chi connectivity index (χ2v) is 5.09. The number of hydrogen-bond acceptors (Lipinski definition) is 2. The molecule has 0 aliphatic heterocycles. The van der Waals surface area contributed by atoms with Gasteiger partial charge in [0.2, 0.25) is 0 Å². The third kappa shape index (κ3) is 2.86. The quantitative estimate of drug-likeness (QED) is 0.912. The zero-order chi connectivity index (χ0) is 12.4. The standard InChI is InChI=1S/C13H11BrClNO/c1-8-2-3-9(7-16-8)13(17)11-5-4-10(15)6-12(11)14/h2-7,13,17H,1H3. The first-order chi connectivity index (χ1) is 8.08. The summed E-state index contributed by atoms with van der Waals surface area (Å²) >= 11 is 9.26. The first-order valence-corrected chi connectivity index (χ1v) is 6.30. The summed E-state index contributed by atoms with van der Waals surface area (Å²) < 4.78 is 0.790.